The molecule has 1 fully saturated rings. The molecule has 1 aromatic carbocycles. The molecule has 0 radical (unpaired) electrons. The standard InChI is InChI=1S/C12H9N3OS/c13-6-9-5-12(16)15(7-9)10-1-3-11(4-2-10)17-8-14/h1-4,9H,5,7H2. The molecular weight excluding hydrogens is 234 g/mol. The summed E-state index contributed by atoms with van der Waals surface area (Å²) in [6, 6.07) is 9.33. The van der Waals surface area contributed by atoms with E-state index < -0.39 is 0 Å². The van der Waals surface area contributed by atoms with E-state index in [1.54, 1.807) is 29.2 Å². The molecule has 0 aliphatic carbocycles. The summed E-state index contributed by atoms with van der Waals surface area (Å²) in [4.78, 5) is 14.1. The van der Waals surface area contributed by atoms with E-state index in [-0.39, 0.29) is 11.8 Å². The Labute approximate surface area is 103 Å². The summed E-state index contributed by atoms with van der Waals surface area (Å²) >= 11 is 1.08. The topological polar surface area (TPSA) is 67.9 Å². The van der Waals surface area contributed by atoms with Gasteiger partial charge in [0.2, 0.25) is 5.91 Å². The predicted octanol–water partition coefficient (Wildman–Crippen LogP) is 2.14. The second-order valence-corrected chi connectivity index (χ2v) is 4.58. The molecule has 4 nitrogen and oxygen atoms in total. The first-order valence-electron chi connectivity index (χ1n) is 5.10. The molecule has 84 valence electrons. The van der Waals surface area contributed by atoms with Gasteiger partial charge in [-0.3, -0.25) is 4.79 Å². The van der Waals surface area contributed by atoms with Crippen LogP contribution in [0.25, 0.3) is 0 Å². The molecule has 1 aliphatic rings. The van der Waals surface area contributed by atoms with Gasteiger partial charge >= 0.3 is 0 Å². The minimum Gasteiger partial charge on any atom is -0.311 e. The second kappa shape index (κ2) is 4.90. The molecule has 1 atom stereocenters. The van der Waals surface area contributed by atoms with Crippen molar-refractivity contribution in [1.82, 2.24) is 0 Å². The van der Waals surface area contributed by atoms with E-state index in [4.69, 9.17) is 10.5 Å². The van der Waals surface area contributed by atoms with Crippen LogP contribution >= 0.6 is 11.8 Å². The number of hydrogen-bond donors (Lipinski definition) is 0. The molecule has 17 heavy (non-hydrogen) atoms. The van der Waals surface area contributed by atoms with Crippen molar-refractivity contribution >= 4 is 23.4 Å². The van der Waals surface area contributed by atoms with Crippen molar-refractivity contribution in [2.75, 3.05) is 11.4 Å². The first kappa shape index (κ1) is 11.5. The number of thiocyanates is 1. The van der Waals surface area contributed by atoms with Crippen LogP contribution in [0.1, 0.15) is 6.42 Å². The van der Waals surface area contributed by atoms with Crippen molar-refractivity contribution in [2.24, 2.45) is 5.92 Å². The van der Waals surface area contributed by atoms with Crippen LogP contribution in [0.2, 0.25) is 0 Å². The fourth-order valence-electron chi connectivity index (χ4n) is 1.79. The van der Waals surface area contributed by atoms with E-state index >= 15 is 0 Å². The van der Waals surface area contributed by atoms with Gasteiger partial charge in [-0.25, -0.2) is 0 Å². The molecule has 0 N–H and O–H groups in total. The highest BCUT2D eigenvalue weighted by atomic mass is 32.2. The summed E-state index contributed by atoms with van der Waals surface area (Å²) in [5.41, 5.74) is 0.787. The Morgan fingerprint density at radius 2 is 2.00 bits per heavy atom. The van der Waals surface area contributed by atoms with Crippen LogP contribution in [-0.4, -0.2) is 12.5 Å². The molecule has 0 aromatic heterocycles. The van der Waals surface area contributed by atoms with E-state index in [2.05, 4.69) is 6.07 Å². The molecule has 1 aromatic rings. The molecule has 1 unspecified atom stereocenters. The Bertz CT molecular complexity index is 512. The van der Waals surface area contributed by atoms with E-state index in [0.717, 1.165) is 22.3 Å². The molecule has 0 spiro atoms. The number of hydrogen-bond acceptors (Lipinski definition) is 4. The molecular formula is C12H9N3OS. The molecule has 5 heteroatoms. The highest BCUT2D eigenvalue weighted by Crippen LogP contribution is 2.26. The van der Waals surface area contributed by atoms with Gasteiger partial charge in [0, 0.05) is 23.5 Å². The van der Waals surface area contributed by atoms with E-state index in [0.29, 0.717) is 13.0 Å². The Morgan fingerprint density at radius 3 is 2.53 bits per heavy atom. The van der Waals surface area contributed by atoms with Crippen molar-refractivity contribution < 1.29 is 4.79 Å². The lowest BCUT2D eigenvalue weighted by Gasteiger charge is -2.15. The third-order valence-electron chi connectivity index (χ3n) is 2.62. The van der Waals surface area contributed by atoms with Crippen LogP contribution in [0.15, 0.2) is 29.2 Å². The van der Waals surface area contributed by atoms with E-state index in [1.165, 1.54) is 0 Å². The number of benzene rings is 1. The van der Waals surface area contributed by atoms with Crippen LogP contribution < -0.4 is 4.90 Å². The SMILES string of the molecule is N#CSc1ccc(N2CC(C#N)CC2=O)cc1. The Balaban J connectivity index is 2.16. The zero-order valence-electron chi connectivity index (χ0n) is 8.96. The highest BCUT2D eigenvalue weighted by molar-refractivity contribution is 8.03. The van der Waals surface area contributed by atoms with Crippen LogP contribution in [0.4, 0.5) is 5.69 Å². The number of nitriles is 2. The fraction of sp³-hybridized carbons (Fsp3) is 0.250. The molecule has 0 saturated carbocycles. The van der Waals surface area contributed by atoms with Crippen molar-refractivity contribution in [1.29, 1.82) is 10.5 Å². The van der Waals surface area contributed by atoms with E-state index in [1.807, 2.05) is 5.40 Å². The van der Waals surface area contributed by atoms with Crippen molar-refractivity contribution in [3.63, 3.8) is 0 Å². The van der Waals surface area contributed by atoms with Crippen molar-refractivity contribution in [3.8, 4) is 11.5 Å². The lowest BCUT2D eigenvalue weighted by atomic mass is 10.1. The largest absolute Gasteiger partial charge is 0.311 e. The maximum absolute atomic E-state index is 11.7. The van der Waals surface area contributed by atoms with Gasteiger partial charge in [0.15, 0.2) is 0 Å². The Morgan fingerprint density at radius 1 is 1.29 bits per heavy atom. The molecule has 0 bridgehead atoms. The maximum atomic E-state index is 11.7. The van der Waals surface area contributed by atoms with Gasteiger partial charge in [-0.05, 0) is 36.0 Å². The van der Waals surface area contributed by atoms with Gasteiger partial charge in [-0.1, -0.05) is 0 Å². The summed E-state index contributed by atoms with van der Waals surface area (Å²) in [6.45, 7) is 0.458. The summed E-state index contributed by atoms with van der Waals surface area (Å²) in [6.07, 6.45) is 0.297. The average molecular weight is 243 g/mol. The normalized spacial score (nSPS) is 18.8. The Hall–Kier alpha value is -1.98. The quantitative estimate of drug-likeness (QED) is 0.589. The number of carbonyl (C=O) groups excluding carboxylic acids is 1. The second-order valence-electron chi connectivity index (χ2n) is 3.72. The zero-order valence-corrected chi connectivity index (χ0v) is 9.78. The summed E-state index contributed by atoms with van der Waals surface area (Å²) in [7, 11) is 0. The third-order valence-corrected chi connectivity index (χ3v) is 3.22. The summed E-state index contributed by atoms with van der Waals surface area (Å²) in [5, 5.41) is 19.3. The van der Waals surface area contributed by atoms with Gasteiger partial charge in [-0.2, -0.15) is 10.5 Å². The number of amides is 1. The lowest BCUT2D eigenvalue weighted by molar-refractivity contribution is -0.117. The number of carbonyl (C=O) groups is 1. The first-order valence-corrected chi connectivity index (χ1v) is 5.92. The summed E-state index contributed by atoms with van der Waals surface area (Å²) in [5.74, 6) is -0.229. The van der Waals surface area contributed by atoms with Gasteiger partial charge in [0.1, 0.15) is 5.40 Å². The summed E-state index contributed by atoms with van der Waals surface area (Å²) < 4.78 is 0. The lowest BCUT2D eigenvalue weighted by Crippen LogP contribution is -2.24. The number of anilines is 1. The smallest absolute Gasteiger partial charge is 0.228 e. The predicted molar refractivity (Wildman–Crippen MR) is 64.0 cm³/mol. The van der Waals surface area contributed by atoms with E-state index in [9.17, 15) is 4.79 Å². The molecule has 2 rings (SSSR count). The van der Waals surface area contributed by atoms with Crippen LogP contribution in [-0.2, 0) is 4.79 Å². The zero-order chi connectivity index (χ0) is 12.3. The van der Waals surface area contributed by atoms with Crippen LogP contribution in [0.5, 0.6) is 0 Å². The average Bonchev–Trinajstić information content (AvgIpc) is 2.72. The minimum atomic E-state index is -0.212. The minimum absolute atomic E-state index is 0.0164. The molecule has 1 aliphatic heterocycles. The molecule has 1 heterocycles. The Kier molecular flexibility index (Phi) is 3.32. The molecule has 1 amide bonds. The highest BCUT2D eigenvalue weighted by Gasteiger charge is 2.30. The van der Waals surface area contributed by atoms with Gasteiger partial charge in [-0.15, -0.1) is 0 Å². The number of rotatable bonds is 2. The fourth-order valence-corrected chi connectivity index (χ4v) is 2.17. The van der Waals surface area contributed by atoms with Crippen LogP contribution in [0.3, 0.4) is 0 Å². The van der Waals surface area contributed by atoms with Gasteiger partial charge in [0.25, 0.3) is 0 Å². The van der Waals surface area contributed by atoms with Crippen LogP contribution in [0, 0.1) is 27.9 Å². The van der Waals surface area contributed by atoms with Gasteiger partial charge < -0.3 is 4.90 Å². The monoisotopic (exact) mass is 243 g/mol. The van der Waals surface area contributed by atoms with Crippen molar-refractivity contribution in [3.05, 3.63) is 24.3 Å². The first-order chi connectivity index (χ1) is 8.24. The maximum Gasteiger partial charge on any atom is 0.228 e. The number of nitrogens with zero attached hydrogens (tertiary/aromatic N) is 3. The van der Waals surface area contributed by atoms with Crippen molar-refractivity contribution in [2.45, 2.75) is 11.3 Å². The third kappa shape index (κ3) is 2.41. The number of thioether (sulfide) groups is 1. The molecule has 1 saturated heterocycles. The van der Waals surface area contributed by atoms with Gasteiger partial charge in [0.05, 0.1) is 12.0 Å².